The molecule has 4 unspecified atom stereocenters. The first-order valence-corrected chi connectivity index (χ1v) is 26.6. The van der Waals surface area contributed by atoms with Gasteiger partial charge in [-0.05, 0) is 225 Å². The maximum atomic E-state index is 10.3. The Labute approximate surface area is 404 Å². The molecule has 0 amide bonds. The minimum Gasteiger partial charge on any atom is -0.390 e. The van der Waals surface area contributed by atoms with Crippen LogP contribution in [0.2, 0.25) is 0 Å². The van der Waals surface area contributed by atoms with E-state index in [0.717, 1.165) is 36.8 Å². The van der Waals surface area contributed by atoms with Crippen molar-refractivity contribution in [1.82, 2.24) is 0 Å². The lowest BCUT2D eigenvalue weighted by molar-refractivity contribution is 0.0124. The molecule has 0 aromatic rings. The average molecular weight is 917 g/mol. The highest BCUT2D eigenvalue weighted by molar-refractivity contribution is 5.37. The Morgan fingerprint density at radius 3 is 1.15 bits per heavy atom. The average Bonchev–Trinajstić information content (AvgIpc) is 3.75. The Hall–Kier alpha value is -1.80. The molecule has 66 heavy (non-hydrogen) atoms. The molecule has 0 aromatic heterocycles. The van der Waals surface area contributed by atoms with E-state index < -0.39 is 35.6 Å². The maximum Gasteiger partial charge on any atom is 0.0809 e. The standard InChI is InChI=1S/2C30H50O3/c2*1-19(16-22-17-26(31)20(2)27(32)18-22)23-10-9-13-30(8)24(11-12-25(23)30)21(3)28(4,5)14-15-29(6,7)33/h2*16,21,24-27,31-33H,2,9-15,17-18H2,1,3-8H3/b2*23-19+/t21-,24?,25?,26+,27+,30+;21-,24?,25?,26-,27-,30-/m01/s1. The monoisotopic (exact) mass is 917 g/mol. The second kappa shape index (κ2) is 20.9. The van der Waals surface area contributed by atoms with Crippen LogP contribution in [-0.2, 0) is 0 Å². The molecule has 6 rings (SSSR count). The molecule has 0 heterocycles. The minimum atomic E-state index is -0.628. The molecule has 6 fully saturated rings. The molecule has 0 saturated heterocycles. The number of allylic oxidation sites excluding steroid dienone is 6. The molecule has 6 aliphatic carbocycles. The highest BCUT2D eigenvalue weighted by atomic mass is 16.3. The Bertz CT molecular complexity index is 1690. The molecule has 0 aliphatic heterocycles. The van der Waals surface area contributed by atoms with Crippen molar-refractivity contribution in [2.75, 3.05) is 0 Å². The van der Waals surface area contributed by atoms with Crippen LogP contribution in [0, 0.1) is 57.2 Å². The van der Waals surface area contributed by atoms with Gasteiger partial charge in [-0.2, -0.15) is 0 Å². The normalized spacial score (nSPS) is 35.9. The minimum absolute atomic E-state index is 0.206. The summed E-state index contributed by atoms with van der Waals surface area (Å²) in [7, 11) is 0. The van der Waals surface area contributed by atoms with E-state index in [-0.39, 0.29) is 10.8 Å². The van der Waals surface area contributed by atoms with Crippen molar-refractivity contribution >= 4 is 0 Å². The topological polar surface area (TPSA) is 121 Å². The molecule has 0 radical (unpaired) electrons. The third-order valence-corrected chi connectivity index (χ3v) is 19.8. The molecule has 0 aromatic carbocycles. The molecule has 376 valence electrons. The van der Waals surface area contributed by atoms with E-state index in [9.17, 15) is 30.6 Å². The summed E-state index contributed by atoms with van der Waals surface area (Å²) in [6.07, 6.45) is 20.8. The number of fused-ring (bicyclic) bond motifs is 2. The van der Waals surface area contributed by atoms with Gasteiger partial charge in [0.1, 0.15) is 0 Å². The van der Waals surface area contributed by atoms with E-state index in [1.807, 2.05) is 27.7 Å². The van der Waals surface area contributed by atoms with Crippen LogP contribution in [0.25, 0.3) is 0 Å². The number of aliphatic hydroxyl groups is 6. The molecule has 6 saturated carbocycles. The highest BCUT2D eigenvalue weighted by Crippen LogP contribution is 2.64. The van der Waals surface area contributed by atoms with Crippen molar-refractivity contribution < 1.29 is 30.6 Å². The maximum absolute atomic E-state index is 10.3. The van der Waals surface area contributed by atoms with Crippen LogP contribution in [0.5, 0.6) is 0 Å². The largest absolute Gasteiger partial charge is 0.390 e. The van der Waals surface area contributed by atoms with E-state index in [0.29, 0.717) is 83.2 Å². The van der Waals surface area contributed by atoms with Gasteiger partial charge in [-0.1, -0.05) is 114 Å². The summed E-state index contributed by atoms with van der Waals surface area (Å²) in [6.45, 7) is 39.6. The highest BCUT2D eigenvalue weighted by Gasteiger charge is 2.55. The fraction of sp³-hybridized carbons (Fsp3) is 0.800. The summed E-state index contributed by atoms with van der Waals surface area (Å²) in [5.41, 5.74) is 9.25. The number of hydrogen-bond donors (Lipinski definition) is 6. The van der Waals surface area contributed by atoms with Crippen molar-refractivity contribution in [3.05, 3.63) is 69.9 Å². The molecule has 0 bridgehead atoms. The van der Waals surface area contributed by atoms with Gasteiger partial charge in [0.2, 0.25) is 0 Å². The predicted octanol–water partition coefficient (Wildman–Crippen LogP) is 13.5. The summed E-state index contributed by atoms with van der Waals surface area (Å²) in [6, 6.07) is 0. The fourth-order valence-electron chi connectivity index (χ4n) is 14.6. The summed E-state index contributed by atoms with van der Waals surface area (Å²) in [5, 5.41) is 61.7. The van der Waals surface area contributed by atoms with E-state index in [1.54, 1.807) is 11.1 Å². The Morgan fingerprint density at radius 1 is 0.561 bits per heavy atom. The van der Waals surface area contributed by atoms with Crippen molar-refractivity contribution in [2.24, 2.45) is 57.2 Å². The lowest BCUT2D eigenvalue weighted by Crippen LogP contribution is -2.41. The van der Waals surface area contributed by atoms with Crippen molar-refractivity contribution in [3.8, 4) is 0 Å². The fourth-order valence-corrected chi connectivity index (χ4v) is 14.6. The zero-order valence-corrected chi connectivity index (χ0v) is 44.8. The van der Waals surface area contributed by atoms with Crippen LogP contribution in [0.15, 0.2) is 69.9 Å². The second-order valence-corrected chi connectivity index (χ2v) is 26.4. The molecule has 6 aliphatic rings. The number of aliphatic hydroxyl groups excluding tert-OH is 4. The molecule has 6 heteroatoms. The zero-order valence-electron chi connectivity index (χ0n) is 44.8. The van der Waals surface area contributed by atoms with Gasteiger partial charge in [0.25, 0.3) is 0 Å². The van der Waals surface area contributed by atoms with Gasteiger partial charge in [0.05, 0.1) is 35.6 Å². The van der Waals surface area contributed by atoms with Gasteiger partial charge in [-0.3, -0.25) is 0 Å². The van der Waals surface area contributed by atoms with E-state index >= 15 is 0 Å². The summed E-state index contributed by atoms with van der Waals surface area (Å²) in [4.78, 5) is 0. The van der Waals surface area contributed by atoms with Crippen LogP contribution in [0.4, 0.5) is 0 Å². The van der Waals surface area contributed by atoms with Crippen molar-refractivity contribution in [2.45, 2.75) is 248 Å². The lowest BCUT2D eigenvalue weighted by atomic mass is 9.56. The van der Waals surface area contributed by atoms with Crippen LogP contribution in [-0.4, -0.2) is 66.3 Å². The summed E-state index contributed by atoms with van der Waals surface area (Å²) >= 11 is 0. The second-order valence-electron chi connectivity index (χ2n) is 26.4. The molecule has 6 nitrogen and oxygen atoms in total. The molecule has 12 atom stereocenters. The van der Waals surface area contributed by atoms with Gasteiger partial charge < -0.3 is 30.6 Å². The number of hydrogen-bond acceptors (Lipinski definition) is 6. The van der Waals surface area contributed by atoms with E-state index in [1.165, 1.54) is 75.4 Å². The SMILES string of the molecule is C=C1[C@H](O)CC(=C/C(C)=C2\CCC[C@@]3(C)C2CCC3[C@@H](C)C(C)(C)CCC(C)(C)O)C[C@H]1O.C=C1[C@H](O)CC(=C/C(C)=C2\CCC[C@@]3(C)C2CCC3[C@H](C)C(C)(C)CCC(C)(C)O)C[C@H]1O. The Kier molecular flexibility index (Phi) is 17.4. The van der Waals surface area contributed by atoms with Crippen molar-refractivity contribution in [1.29, 1.82) is 0 Å². The predicted molar refractivity (Wildman–Crippen MR) is 276 cm³/mol. The van der Waals surface area contributed by atoms with E-state index in [4.69, 9.17) is 0 Å². The van der Waals surface area contributed by atoms with Crippen molar-refractivity contribution in [3.63, 3.8) is 0 Å². The van der Waals surface area contributed by atoms with Gasteiger partial charge in [-0.15, -0.1) is 0 Å². The Balaban J connectivity index is 0.000000247. The summed E-state index contributed by atoms with van der Waals surface area (Å²) < 4.78 is 0. The Morgan fingerprint density at radius 2 is 0.864 bits per heavy atom. The molecule has 0 spiro atoms. The van der Waals surface area contributed by atoms with Crippen LogP contribution < -0.4 is 0 Å². The molecular formula is C60H100O6. The van der Waals surface area contributed by atoms with E-state index in [2.05, 4.69) is 94.5 Å². The molecule has 6 N–H and O–H groups in total. The van der Waals surface area contributed by atoms with Crippen LogP contribution in [0.1, 0.15) is 213 Å². The zero-order chi connectivity index (χ0) is 49.5. The molecular weight excluding hydrogens is 817 g/mol. The smallest absolute Gasteiger partial charge is 0.0809 e. The van der Waals surface area contributed by atoms with Gasteiger partial charge in [0.15, 0.2) is 0 Å². The third-order valence-electron chi connectivity index (χ3n) is 19.8. The lowest BCUT2D eigenvalue weighted by Gasteiger charge is -2.48. The van der Waals surface area contributed by atoms with Gasteiger partial charge in [-0.25, -0.2) is 0 Å². The van der Waals surface area contributed by atoms with Crippen LogP contribution >= 0.6 is 0 Å². The first-order chi connectivity index (χ1) is 30.3. The van der Waals surface area contributed by atoms with Gasteiger partial charge in [0, 0.05) is 0 Å². The summed E-state index contributed by atoms with van der Waals surface area (Å²) in [5.74, 6) is 3.90. The first kappa shape index (κ1) is 55.1. The van der Waals surface area contributed by atoms with Gasteiger partial charge >= 0.3 is 0 Å². The third kappa shape index (κ3) is 12.6. The van der Waals surface area contributed by atoms with Crippen LogP contribution in [0.3, 0.4) is 0 Å². The first-order valence-electron chi connectivity index (χ1n) is 26.6. The quantitative estimate of drug-likeness (QED) is 0.108. The number of rotatable bonds is 12.